The molecule has 0 bridgehead atoms. The summed E-state index contributed by atoms with van der Waals surface area (Å²) in [6, 6.07) is 0. The highest BCUT2D eigenvalue weighted by atomic mass is 32.1. The Morgan fingerprint density at radius 3 is 1.71 bits per heavy atom. The minimum absolute atomic E-state index is 0.131. The zero-order valence-electron chi connectivity index (χ0n) is 8.83. The highest BCUT2D eigenvalue weighted by Gasteiger charge is 2.42. The lowest BCUT2D eigenvalue weighted by Gasteiger charge is -2.27. The van der Waals surface area contributed by atoms with Gasteiger partial charge in [0, 0.05) is 19.8 Å². The van der Waals surface area contributed by atoms with E-state index in [1.54, 1.807) is 0 Å². The van der Waals surface area contributed by atoms with Gasteiger partial charge in [0.1, 0.15) is 0 Å². The van der Waals surface area contributed by atoms with Crippen LogP contribution in [-0.2, 0) is 13.3 Å². The van der Waals surface area contributed by atoms with Crippen molar-refractivity contribution in [1.29, 1.82) is 0 Å². The van der Waals surface area contributed by atoms with Crippen LogP contribution in [0.4, 0.5) is 0 Å². The van der Waals surface area contributed by atoms with Crippen molar-refractivity contribution in [3.8, 4) is 0 Å². The lowest BCUT2D eigenvalue weighted by atomic mass is 10.9. The van der Waals surface area contributed by atoms with Crippen LogP contribution in [0.1, 0.15) is 20.8 Å². The van der Waals surface area contributed by atoms with E-state index in [4.69, 9.17) is 31.2 Å². The van der Waals surface area contributed by atoms with Crippen molar-refractivity contribution in [2.24, 2.45) is 5.73 Å². The topological polar surface area (TPSA) is 65.7 Å². The third-order valence-corrected chi connectivity index (χ3v) is 4.14. The monoisotopic (exact) mass is 238 g/mol. The SMILES string of the molecule is CCO[Si](NC(N)=S)(OCC)OCC. The second-order valence-corrected chi connectivity index (χ2v) is 5.01. The number of nitrogens with one attached hydrogen (secondary N) is 1. The highest BCUT2D eigenvalue weighted by molar-refractivity contribution is 7.80. The summed E-state index contributed by atoms with van der Waals surface area (Å²) in [7, 11) is -2.87. The predicted octanol–water partition coefficient (Wildman–Crippen LogP) is 0.365. The maximum atomic E-state index is 5.44. The van der Waals surface area contributed by atoms with E-state index in [-0.39, 0.29) is 5.11 Å². The first-order chi connectivity index (χ1) is 6.60. The fourth-order valence-corrected chi connectivity index (χ4v) is 3.24. The van der Waals surface area contributed by atoms with E-state index in [0.717, 1.165) is 0 Å². The van der Waals surface area contributed by atoms with Crippen molar-refractivity contribution in [2.45, 2.75) is 20.8 Å². The molecule has 0 rings (SSSR count). The van der Waals surface area contributed by atoms with Crippen molar-refractivity contribution in [1.82, 2.24) is 4.98 Å². The molecule has 0 aliphatic heterocycles. The molecule has 0 spiro atoms. The Kier molecular flexibility index (Phi) is 7.02. The van der Waals surface area contributed by atoms with Crippen LogP contribution < -0.4 is 10.7 Å². The average molecular weight is 238 g/mol. The summed E-state index contributed by atoms with van der Waals surface area (Å²) in [4.78, 5) is 2.78. The molecule has 0 amide bonds. The van der Waals surface area contributed by atoms with Gasteiger partial charge in [-0.15, -0.1) is 0 Å². The van der Waals surface area contributed by atoms with E-state index in [9.17, 15) is 0 Å². The van der Waals surface area contributed by atoms with E-state index in [1.165, 1.54) is 0 Å². The zero-order chi connectivity index (χ0) is 11.0. The van der Waals surface area contributed by atoms with E-state index in [0.29, 0.717) is 19.8 Å². The summed E-state index contributed by atoms with van der Waals surface area (Å²) in [5, 5.41) is 0.131. The van der Waals surface area contributed by atoms with Gasteiger partial charge in [0.2, 0.25) is 0 Å². The lowest BCUT2D eigenvalue weighted by molar-refractivity contribution is 0.0661. The molecule has 84 valence electrons. The van der Waals surface area contributed by atoms with Gasteiger partial charge in [-0.25, -0.2) is 0 Å². The second-order valence-electron chi connectivity index (χ2n) is 2.34. The normalized spacial score (nSPS) is 11.4. The molecule has 0 saturated heterocycles. The van der Waals surface area contributed by atoms with Gasteiger partial charge in [-0.2, -0.15) is 0 Å². The number of nitrogens with two attached hydrogens (primary N) is 1. The smallest absolute Gasteiger partial charge is 0.377 e. The van der Waals surface area contributed by atoms with Gasteiger partial charge in [0.05, 0.1) is 0 Å². The quantitative estimate of drug-likeness (QED) is 0.493. The standard InChI is InChI=1S/C7H18N2O3SSi/c1-4-10-14(11-5-2,12-6-3)9-7(8)13/h4-6H2,1-3H3,(H3,8,9,13). The minimum atomic E-state index is -2.87. The second kappa shape index (κ2) is 7.13. The molecule has 5 nitrogen and oxygen atoms in total. The van der Waals surface area contributed by atoms with Crippen molar-refractivity contribution in [2.75, 3.05) is 19.8 Å². The van der Waals surface area contributed by atoms with Gasteiger partial charge in [0.25, 0.3) is 0 Å². The van der Waals surface area contributed by atoms with E-state index < -0.39 is 8.97 Å². The first-order valence-electron chi connectivity index (χ1n) is 4.59. The van der Waals surface area contributed by atoms with Crippen LogP contribution >= 0.6 is 12.2 Å². The Morgan fingerprint density at radius 2 is 1.50 bits per heavy atom. The van der Waals surface area contributed by atoms with Crippen molar-refractivity contribution < 1.29 is 13.3 Å². The van der Waals surface area contributed by atoms with Crippen molar-refractivity contribution >= 4 is 26.3 Å². The molecular formula is C7H18N2O3SSi. The summed E-state index contributed by atoms with van der Waals surface area (Å²) in [5.74, 6) is 0. The molecule has 7 heteroatoms. The van der Waals surface area contributed by atoms with Crippen molar-refractivity contribution in [3.05, 3.63) is 0 Å². The molecule has 0 aliphatic rings. The van der Waals surface area contributed by atoms with Crippen LogP contribution in [-0.4, -0.2) is 33.9 Å². The van der Waals surface area contributed by atoms with Crippen LogP contribution in [0.15, 0.2) is 0 Å². The van der Waals surface area contributed by atoms with Crippen LogP contribution in [0.2, 0.25) is 0 Å². The van der Waals surface area contributed by atoms with Gasteiger partial charge in [0.15, 0.2) is 5.11 Å². The molecule has 0 aromatic rings. The number of rotatable bonds is 7. The van der Waals surface area contributed by atoms with E-state index in [2.05, 4.69) is 4.98 Å². The van der Waals surface area contributed by atoms with Crippen molar-refractivity contribution in [3.63, 3.8) is 0 Å². The summed E-state index contributed by atoms with van der Waals surface area (Å²) < 4.78 is 16.3. The maximum absolute atomic E-state index is 5.44. The van der Waals surface area contributed by atoms with Crippen LogP contribution in [0.3, 0.4) is 0 Å². The average Bonchev–Trinajstić information content (AvgIpc) is 2.03. The first-order valence-corrected chi connectivity index (χ1v) is 6.73. The molecular weight excluding hydrogens is 220 g/mol. The van der Waals surface area contributed by atoms with Gasteiger partial charge in [-0.3, -0.25) is 0 Å². The molecule has 14 heavy (non-hydrogen) atoms. The molecule has 0 unspecified atom stereocenters. The van der Waals surface area contributed by atoms with Crippen LogP contribution in [0.25, 0.3) is 0 Å². The molecule has 0 saturated carbocycles. The van der Waals surface area contributed by atoms with E-state index in [1.807, 2.05) is 20.8 Å². The third-order valence-electron chi connectivity index (χ3n) is 1.28. The number of hydrogen-bond donors (Lipinski definition) is 2. The Labute approximate surface area is 91.3 Å². The highest BCUT2D eigenvalue weighted by Crippen LogP contribution is 2.05. The molecule has 0 heterocycles. The fourth-order valence-electron chi connectivity index (χ4n) is 0.954. The number of hydrogen-bond acceptors (Lipinski definition) is 4. The first kappa shape index (κ1) is 13.8. The molecule has 0 aromatic carbocycles. The predicted molar refractivity (Wildman–Crippen MR) is 60.6 cm³/mol. The summed E-state index contributed by atoms with van der Waals surface area (Å²) in [6.07, 6.45) is 0. The Hall–Kier alpha value is -0.213. The van der Waals surface area contributed by atoms with Gasteiger partial charge in [-0.1, -0.05) is 0 Å². The third kappa shape index (κ3) is 4.87. The lowest BCUT2D eigenvalue weighted by Crippen LogP contribution is -2.62. The van der Waals surface area contributed by atoms with Gasteiger partial charge in [-0.05, 0) is 33.0 Å². The molecule has 0 atom stereocenters. The van der Waals surface area contributed by atoms with Crippen LogP contribution in [0, 0.1) is 0 Å². The van der Waals surface area contributed by atoms with E-state index >= 15 is 0 Å². The van der Waals surface area contributed by atoms with Crippen LogP contribution in [0.5, 0.6) is 0 Å². The molecule has 0 aromatic heterocycles. The Morgan fingerprint density at radius 1 is 1.14 bits per heavy atom. The fraction of sp³-hybridized carbons (Fsp3) is 0.857. The molecule has 0 radical (unpaired) electrons. The summed E-state index contributed by atoms with van der Waals surface area (Å²) >= 11 is 4.75. The molecule has 3 N–H and O–H groups in total. The summed E-state index contributed by atoms with van der Waals surface area (Å²) in [6.45, 7) is 7.05. The van der Waals surface area contributed by atoms with Gasteiger partial charge >= 0.3 is 8.97 Å². The molecule has 0 fully saturated rings. The largest absolute Gasteiger partial charge is 0.632 e. The Balaban J connectivity index is 4.45. The minimum Gasteiger partial charge on any atom is -0.377 e. The zero-order valence-corrected chi connectivity index (χ0v) is 10.6. The number of thiocarbonyl (C=S) groups is 1. The summed E-state index contributed by atoms with van der Waals surface area (Å²) in [5.41, 5.74) is 5.38. The van der Waals surface area contributed by atoms with Gasteiger partial charge < -0.3 is 24.0 Å². The molecule has 0 aliphatic carbocycles. The Bertz CT molecular complexity index is 165. The maximum Gasteiger partial charge on any atom is 0.632 e.